The van der Waals surface area contributed by atoms with Gasteiger partial charge >= 0.3 is 6.68 Å². The van der Waals surface area contributed by atoms with Crippen LogP contribution < -0.4 is 0 Å². The zero-order valence-electron chi connectivity index (χ0n) is 5.46. The van der Waals surface area contributed by atoms with Gasteiger partial charge in [0.05, 0.1) is 0 Å². The Morgan fingerprint density at radius 2 is 1.67 bits per heavy atom. The van der Waals surface area contributed by atoms with Crippen molar-refractivity contribution >= 4 is 0 Å². The number of unbranched alkanes of at least 4 members (excludes halogenated alkanes) is 2. The summed E-state index contributed by atoms with van der Waals surface area (Å²) in [6.45, 7) is 2.76. The van der Waals surface area contributed by atoms with E-state index < -0.39 is 6.68 Å². The third-order valence-corrected chi connectivity index (χ3v) is 0.604. The van der Waals surface area contributed by atoms with Crippen LogP contribution in [0, 0.1) is 13.6 Å². The lowest BCUT2D eigenvalue weighted by Gasteiger charge is -1.79. The molecule has 0 spiro atoms. The van der Waals surface area contributed by atoms with E-state index in [1.807, 2.05) is 0 Å². The van der Waals surface area contributed by atoms with Gasteiger partial charge in [-0.25, -0.2) is 0 Å². The van der Waals surface area contributed by atoms with E-state index in [0.717, 1.165) is 6.42 Å². The minimum atomic E-state index is -3.08. The van der Waals surface area contributed by atoms with Crippen LogP contribution in [0.5, 0.6) is 0 Å². The van der Waals surface area contributed by atoms with Crippen LogP contribution in [0.2, 0.25) is 0 Å². The molecule has 0 bridgehead atoms. The van der Waals surface area contributed by atoms with Crippen molar-refractivity contribution in [3.8, 4) is 0 Å². The molecule has 0 unspecified atom stereocenters. The Balaban J connectivity index is 0. The Morgan fingerprint density at radius 1 is 1.33 bits per heavy atom. The van der Waals surface area contributed by atoms with E-state index in [9.17, 15) is 13.2 Å². The summed E-state index contributed by atoms with van der Waals surface area (Å²) in [5.41, 5.74) is 0. The normalized spacial score (nSPS) is 8.67. The first kappa shape index (κ1) is 11.6. The average molecular weight is 140 g/mol. The molecule has 3 heteroatoms. The highest BCUT2D eigenvalue weighted by molar-refractivity contribution is 4.35. The monoisotopic (exact) mass is 140 g/mol. The van der Waals surface area contributed by atoms with E-state index in [2.05, 4.69) is 13.8 Å². The van der Waals surface area contributed by atoms with Gasteiger partial charge in [-0.3, -0.25) is 0 Å². The summed E-state index contributed by atoms with van der Waals surface area (Å²) in [4.78, 5) is 0. The molecule has 0 aromatic carbocycles. The fourth-order valence-corrected chi connectivity index (χ4v) is 0.250. The smallest absolute Gasteiger partial charge is 0.162 e. The van der Waals surface area contributed by atoms with Gasteiger partial charge in [0.15, 0.2) is 0 Å². The molecule has 0 aliphatic rings. The van der Waals surface area contributed by atoms with Crippen LogP contribution >= 0.6 is 0 Å². The topological polar surface area (TPSA) is 0 Å². The van der Waals surface area contributed by atoms with Crippen molar-refractivity contribution in [3.63, 3.8) is 0 Å². The second-order valence-electron chi connectivity index (χ2n) is 1.42. The highest BCUT2D eigenvalue weighted by Gasteiger charge is 1.93. The summed E-state index contributed by atoms with van der Waals surface area (Å²) in [6, 6.07) is 0. The Bertz CT molecular complexity index is 32.5. The molecule has 56 valence electrons. The molecule has 0 atom stereocenters. The molecule has 0 N–H and O–H groups in total. The van der Waals surface area contributed by atoms with E-state index in [-0.39, 0.29) is 0 Å². The Hall–Kier alpha value is -0.210. The molecule has 2 radical (unpaired) electrons. The second kappa shape index (κ2) is 10.7. The molecular weight excluding hydrogens is 129 g/mol. The largest absolute Gasteiger partial charge is 0.487 e. The lowest BCUT2D eigenvalue weighted by molar-refractivity contribution is 0.142. The fourth-order valence-electron chi connectivity index (χ4n) is 0.250. The third kappa shape index (κ3) is 81.5. The lowest BCUT2D eigenvalue weighted by Crippen LogP contribution is -1.59. The highest BCUT2D eigenvalue weighted by Crippen LogP contribution is 1.99. The molecular formula is C6H11F3. The molecule has 0 nitrogen and oxygen atoms in total. The average Bonchev–Trinajstić information content (AvgIpc) is 1.66. The minimum Gasteiger partial charge on any atom is -0.162 e. The predicted octanol–water partition coefficient (Wildman–Crippen LogP) is 3.35. The minimum absolute atomic E-state index is 1.09. The van der Waals surface area contributed by atoms with Crippen LogP contribution in [0.25, 0.3) is 0 Å². The van der Waals surface area contributed by atoms with Crippen molar-refractivity contribution in [1.29, 1.82) is 0 Å². The zero-order valence-corrected chi connectivity index (χ0v) is 5.46. The molecule has 0 rings (SSSR count). The Labute approximate surface area is 54.1 Å². The van der Waals surface area contributed by atoms with Crippen LogP contribution in [0.1, 0.15) is 26.2 Å². The van der Waals surface area contributed by atoms with Crippen LogP contribution in [0.3, 0.4) is 0 Å². The zero-order chi connectivity index (χ0) is 7.70. The van der Waals surface area contributed by atoms with Crippen molar-refractivity contribution < 1.29 is 13.2 Å². The first-order valence-electron chi connectivity index (χ1n) is 2.77. The molecule has 0 saturated carbocycles. The molecule has 0 amide bonds. The quantitative estimate of drug-likeness (QED) is 0.551. The predicted molar refractivity (Wildman–Crippen MR) is 31.4 cm³/mol. The Kier molecular flexibility index (Phi) is 13.8. The summed E-state index contributed by atoms with van der Waals surface area (Å²) in [5, 5.41) is 0. The second-order valence-corrected chi connectivity index (χ2v) is 1.42. The van der Waals surface area contributed by atoms with E-state index in [4.69, 9.17) is 0 Å². The number of halogens is 3. The van der Waals surface area contributed by atoms with Gasteiger partial charge in [-0.2, -0.15) is 13.2 Å². The molecule has 0 fully saturated rings. The van der Waals surface area contributed by atoms with Gasteiger partial charge in [-0.05, 0) is 0 Å². The van der Waals surface area contributed by atoms with Gasteiger partial charge in [0.1, 0.15) is 0 Å². The molecule has 0 aliphatic heterocycles. The SMILES string of the molecule is F[C](F)F.[CH2]CCCC. The summed E-state index contributed by atoms with van der Waals surface area (Å²) < 4.78 is 28.8. The number of rotatable bonds is 2. The molecule has 9 heavy (non-hydrogen) atoms. The summed E-state index contributed by atoms with van der Waals surface area (Å²) >= 11 is 0. The van der Waals surface area contributed by atoms with Crippen molar-refractivity contribution in [3.05, 3.63) is 13.6 Å². The van der Waals surface area contributed by atoms with Crippen molar-refractivity contribution in [2.24, 2.45) is 0 Å². The van der Waals surface area contributed by atoms with Crippen molar-refractivity contribution in [2.75, 3.05) is 0 Å². The van der Waals surface area contributed by atoms with E-state index in [1.165, 1.54) is 12.8 Å². The van der Waals surface area contributed by atoms with E-state index in [0.29, 0.717) is 0 Å². The fraction of sp³-hybridized carbons (Fsp3) is 0.667. The summed E-state index contributed by atoms with van der Waals surface area (Å²) in [6.07, 6.45) is 3.65. The molecule has 0 heterocycles. The Morgan fingerprint density at radius 3 is 1.67 bits per heavy atom. The third-order valence-electron chi connectivity index (χ3n) is 0.604. The van der Waals surface area contributed by atoms with E-state index >= 15 is 0 Å². The molecule has 0 aliphatic carbocycles. The van der Waals surface area contributed by atoms with Crippen LogP contribution in [-0.4, -0.2) is 0 Å². The molecule has 0 saturated heterocycles. The number of hydrogen-bond acceptors (Lipinski definition) is 0. The lowest BCUT2D eigenvalue weighted by atomic mass is 10.3. The van der Waals surface area contributed by atoms with Gasteiger partial charge in [0, 0.05) is 0 Å². The maximum absolute atomic E-state index is 9.58. The van der Waals surface area contributed by atoms with Crippen molar-refractivity contribution in [1.82, 2.24) is 0 Å². The first-order valence-corrected chi connectivity index (χ1v) is 2.77. The summed E-state index contributed by atoms with van der Waals surface area (Å²) in [5.74, 6) is 0. The van der Waals surface area contributed by atoms with Gasteiger partial charge in [-0.15, -0.1) is 0 Å². The molecule has 0 aromatic heterocycles. The maximum Gasteiger partial charge on any atom is 0.487 e. The van der Waals surface area contributed by atoms with Gasteiger partial charge in [0.2, 0.25) is 0 Å². The van der Waals surface area contributed by atoms with Crippen LogP contribution in [-0.2, 0) is 0 Å². The van der Waals surface area contributed by atoms with Crippen LogP contribution in [0.15, 0.2) is 0 Å². The first-order chi connectivity index (χ1) is 4.15. The highest BCUT2D eigenvalue weighted by atomic mass is 19.4. The maximum atomic E-state index is 9.58. The van der Waals surface area contributed by atoms with Gasteiger partial charge in [0.25, 0.3) is 0 Å². The molecule has 0 aromatic rings. The van der Waals surface area contributed by atoms with Crippen molar-refractivity contribution in [2.45, 2.75) is 26.2 Å². The summed E-state index contributed by atoms with van der Waals surface area (Å²) in [7, 11) is 0. The van der Waals surface area contributed by atoms with Gasteiger partial charge < -0.3 is 0 Å². The number of hydrogen-bond donors (Lipinski definition) is 0. The standard InChI is InChI=1S/C5H11.CF3/c1-3-5-4-2;2-1(3)4/h1,3-5H2,2H3;. The van der Waals surface area contributed by atoms with E-state index in [1.54, 1.807) is 0 Å². The van der Waals surface area contributed by atoms with Crippen LogP contribution in [0.4, 0.5) is 13.2 Å². The van der Waals surface area contributed by atoms with Gasteiger partial charge in [-0.1, -0.05) is 33.1 Å².